The molecule has 2 aromatic heterocycles. The van der Waals surface area contributed by atoms with E-state index in [9.17, 15) is 4.79 Å². The van der Waals surface area contributed by atoms with Crippen LogP contribution >= 0.6 is 11.8 Å². The predicted molar refractivity (Wildman–Crippen MR) is 94.6 cm³/mol. The molecule has 0 saturated carbocycles. The van der Waals surface area contributed by atoms with Crippen molar-refractivity contribution in [3.05, 3.63) is 48.4 Å². The summed E-state index contributed by atoms with van der Waals surface area (Å²) in [6.07, 6.45) is 1.65. The highest BCUT2D eigenvalue weighted by molar-refractivity contribution is 7.99. The van der Waals surface area contributed by atoms with Gasteiger partial charge in [0.05, 0.1) is 23.5 Å². The van der Waals surface area contributed by atoms with Crippen LogP contribution < -0.4 is 10.1 Å². The lowest BCUT2D eigenvalue weighted by molar-refractivity contribution is -0.113. The van der Waals surface area contributed by atoms with Crippen LogP contribution in [0, 0.1) is 6.92 Å². The third-order valence-corrected chi connectivity index (χ3v) is 4.18. The van der Waals surface area contributed by atoms with E-state index < -0.39 is 0 Å². The molecular weight excluding hydrogens is 340 g/mol. The van der Waals surface area contributed by atoms with Gasteiger partial charge in [0.25, 0.3) is 5.89 Å². The largest absolute Gasteiger partial charge is 0.497 e. The van der Waals surface area contributed by atoms with Gasteiger partial charge in [-0.15, -0.1) is 0 Å². The molecule has 1 aromatic carbocycles. The Hall–Kier alpha value is -2.87. The highest BCUT2D eigenvalue weighted by atomic mass is 32.2. The minimum Gasteiger partial charge on any atom is -0.497 e. The van der Waals surface area contributed by atoms with Gasteiger partial charge in [0, 0.05) is 11.9 Å². The first-order valence-corrected chi connectivity index (χ1v) is 8.46. The van der Waals surface area contributed by atoms with Crippen LogP contribution in [0.2, 0.25) is 0 Å². The number of thioether (sulfide) groups is 1. The SMILES string of the molecule is COc1ccc(NC(=O)CSc2ccc(-c3nc(C)no3)cn2)cc1. The number of benzene rings is 1. The molecule has 1 amide bonds. The first kappa shape index (κ1) is 17.0. The Kier molecular flexibility index (Phi) is 5.30. The van der Waals surface area contributed by atoms with E-state index in [0.29, 0.717) is 11.7 Å². The van der Waals surface area contributed by atoms with E-state index in [4.69, 9.17) is 9.26 Å². The molecule has 3 aromatic rings. The van der Waals surface area contributed by atoms with Gasteiger partial charge in [-0.05, 0) is 43.3 Å². The zero-order valence-electron chi connectivity index (χ0n) is 13.7. The number of methoxy groups -OCH3 is 1. The predicted octanol–water partition coefficient (Wildman–Crippen LogP) is 3.18. The summed E-state index contributed by atoms with van der Waals surface area (Å²) in [5, 5.41) is 7.31. The van der Waals surface area contributed by atoms with Crippen LogP contribution in [0.15, 0.2) is 52.1 Å². The van der Waals surface area contributed by atoms with Crippen LogP contribution in [0.1, 0.15) is 5.82 Å². The van der Waals surface area contributed by atoms with Crippen molar-refractivity contribution in [1.29, 1.82) is 0 Å². The lowest BCUT2D eigenvalue weighted by atomic mass is 10.3. The third kappa shape index (κ3) is 4.57. The van der Waals surface area contributed by atoms with Crippen molar-refractivity contribution < 1.29 is 14.1 Å². The maximum Gasteiger partial charge on any atom is 0.259 e. The van der Waals surface area contributed by atoms with E-state index >= 15 is 0 Å². The number of carbonyl (C=O) groups is 1. The molecule has 0 aliphatic rings. The molecule has 0 aliphatic carbocycles. The van der Waals surface area contributed by atoms with Crippen molar-refractivity contribution in [2.45, 2.75) is 11.9 Å². The number of ether oxygens (including phenoxy) is 1. The molecule has 8 heteroatoms. The Morgan fingerprint density at radius 1 is 1.24 bits per heavy atom. The molecule has 0 bridgehead atoms. The topological polar surface area (TPSA) is 90.1 Å². The number of rotatable bonds is 6. The van der Waals surface area contributed by atoms with Crippen LogP contribution in [0.25, 0.3) is 11.5 Å². The molecule has 7 nitrogen and oxygen atoms in total. The van der Waals surface area contributed by atoms with Crippen LogP contribution in [-0.2, 0) is 4.79 Å². The monoisotopic (exact) mass is 356 g/mol. The minimum absolute atomic E-state index is 0.103. The standard InChI is InChI=1S/C17H16N4O3S/c1-11-19-17(24-21-11)12-3-8-16(18-9-12)25-10-15(22)20-13-4-6-14(23-2)7-5-13/h3-9H,10H2,1-2H3,(H,20,22). The summed E-state index contributed by atoms with van der Waals surface area (Å²) in [6, 6.07) is 10.8. The van der Waals surface area contributed by atoms with Crippen molar-refractivity contribution in [2.75, 3.05) is 18.2 Å². The molecule has 25 heavy (non-hydrogen) atoms. The summed E-state index contributed by atoms with van der Waals surface area (Å²) < 4.78 is 10.2. The zero-order chi connectivity index (χ0) is 17.6. The van der Waals surface area contributed by atoms with Gasteiger partial charge < -0.3 is 14.6 Å². The second kappa shape index (κ2) is 7.80. The summed E-state index contributed by atoms with van der Waals surface area (Å²) in [4.78, 5) is 20.5. The van der Waals surface area contributed by atoms with E-state index in [0.717, 1.165) is 22.0 Å². The van der Waals surface area contributed by atoms with Crippen molar-refractivity contribution in [2.24, 2.45) is 0 Å². The number of nitrogens with one attached hydrogen (secondary N) is 1. The highest BCUT2D eigenvalue weighted by Gasteiger charge is 2.08. The molecule has 0 radical (unpaired) electrons. The number of anilines is 1. The van der Waals surface area contributed by atoms with Gasteiger partial charge in [-0.3, -0.25) is 4.79 Å². The van der Waals surface area contributed by atoms with Gasteiger partial charge in [0.2, 0.25) is 5.91 Å². The van der Waals surface area contributed by atoms with Crippen molar-refractivity contribution in [3.63, 3.8) is 0 Å². The number of amides is 1. The summed E-state index contributed by atoms with van der Waals surface area (Å²) in [7, 11) is 1.60. The molecule has 0 spiro atoms. The highest BCUT2D eigenvalue weighted by Crippen LogP contribution is 2.21. The van der Waals surface area contributed by atoms with Gasteiger partial charge >= 0.3 is 0 Å². The number of nitrogens with zero attached hydrogens (tertiary/aromatic N) is 3. The zero-order valence-corrected chi connectivity index (χ0v) is 14.5. The van der Waals surface area contributed by atoms with E-state index in [1.165, 1.54) is 11.8 Å². The van der Waals surface area contributed by atoms with E-state index in [2.05, 4.69) is 20.4 Å². The molecule has 0 aliphatic heterocycles. The van der Waals surface area contributed by atoms with Gasteiger partial charge in [-0.25, -0.2) is 4.98 Å². The number of hydrogen-bond acceptors (Lipinski definition) is 7. The Labute approximate surface area is 148 Å². The van der Waals surface area contributed by atoms with Gasteiger partial charge in [0.1, 0.15) is 5.75 Å². The Balaban J connectivity index is 1.53. The molecule has 3 rings (SSSR count). The van der Waals surface area contributed by atoms with Crippen LogP contribution in [-0.4, -0.2) is 33.9 Å². The van der Waals surface area contributed by atoms with Gasteiger partial charge in [0.15, 0.2) is 5.82 Å². The Bertz CT molecular complexity index is 847. The fourth-order valence-electron chi connectivity index (χ4n) is 2.02. The fourth-order valence-corrected chi connectivity index (χ4v) is 2.66. The summed E-state index contributed by atoms with van der Waals surface area (Å²) in [5.74, 6) is 1.90. The molecule has 2 heterocycles. The first-order valence-electron chi connectivity index (χ1n) is 7.47. The quantitative estimate of drug-likeness (QED) is 0.678. The van der Waals surface area contributed by atoms with Gasteiger partial charge in [-0.1, -0.05) is 16.9 Å². The number of aryl methyl sites for hydroxylation is 1. The lowest BCUT2D eigenvalue weighted by Crippen LogP contribution is -2.13. The number of hydrogen-bond donors (Lipinski definition) is 1. The van der Waals surface area contributed by atoms with Crippen LogP contribution in [0.4, 0.5) is 5.69 Å². The number of carbonyl (C=O) groups excluding carboxylic acids is 1. The second-order valence-electron chi connectivity index (χ2n) is 5.10. The van der Waals surface area contributed by atoms with E-state index in [1.807, 2.05) is 12.1 Å². The summed E-state index contributed by atoms with van der Waals surface area (Å²) in [5.41, 5.74) is 1.47. The third-order valence-electron chi connectivity index (χ3n) is 3.24. The van der Waals surface area contributed by atoms with Gasteiger partial charge in [-0.2, -0.15) is 4.98 Å². The molecule has 0 atom stereocenters. The molecule has 0 fully saturated rings. The molecular formula is C17H16N4O3S. The Morgan fingerprint density at radius 3 is 2.64 bits per heavy atom. The minimum atomic E-state index is -0.103. The number of pyridine rings is 1. The average Bonchev–Trinajstić information content (AvgIpc) is 3.07. The fraction of sp³-hybridized carbons (Fsp3) is 0.176. The van der Waals surface area contributed by atoms with Crippen molar-refractivity contribution in [1.82, 2.24) is 15.1 Å². The van der Waals surface area contributed by atoms with E-state index in [1.54, 1.807) is 44.5 Å². The summed E-state index contributed by atoms with van der Waals surface area (Å²) >= 11 is 1.35. The average molecular weight is 356 g/mol. The molecule has 128 valence electrons. The van der Waals surface area contributed by atoms with Crippen LogP contribution in [0.5, 0.6) is 5.75 Å². The van der Waals surface area contributed by atoms with E-state index in [-0.39, 0.29) is 11.7 Å². The second-order valence-corrected chi connectivity index (χ2v) is 6.09. The normalized spacial score (nSPS) is 10.5. The Morgan fingerprint density at radius 2 is 2.04 bits per heavy atom. The maximum atomic E-state index is 12.0. The lowest BCUT2D eigenvalue weighted by Gasteiger charge is -2.06. The summed E-state index contributed by atoms with van der Waals surface area (Å²) in [6.45, 7) is 1.76. The maximum absolute atomic E-state index is 12.0. The number of aromatic nitrogens is 3. The van der Waals surface area contributed by atoms with Crippen LogP contribution in [0.3, 0.4) is 0 Å². The molecule has 0 unspecified atom stereocenters. The van der Waals surface area contributed by atoms with Crippen molar-refractivity contribution >= 4 is 23.4 Å². The van der Waals surface area contributed by atoms with Crippen molar-refractivity contribution in [3.8, 4) is 17.2 Å². The molecule has 0 saturated heterocycles. The molecule has 1 N–H and O–H groups in total. The smallest absolute Gasteiger partial charge is 0.259 e. The first-order chi connectivity index (χ1) is 12.1.